The van der Waals surface area contributed by atoms with E-state index in [9.17, 15) is 0 Å². The molecule has 0 saturated heterocycles. The van der Waals surface area contributed by atoms with Crippen LogP contribution in [0, 0.1) is 0 Å². The number of hydrogen-bond acceptors (Lipinski definition) is 3. The standard InChI is InChI=1S/C59H38N2S/c1-3-13-39(14-4-1)41-23-29-44(30-24-41)54-38-55(45-31-25-42(26-32-45)40-15-5-2-6-16-40)61-58(60-54)46-33-27-43(28-34-46)47-35-36-53-57(37-47)62-56-22-12-11-21-52(56)59(53)50-19-9-7-17-48(50)49-18-8-10-20-51(49)59/h1-38H. The molecule has 3 heteroatoms. The third-order valence-corrected chi connectivity index (χ3v) is 13.8. The highest BCUT2D eigenvalue weighted by Crippen LogP contribution is 2.62. The Labute approximate surface area is 366 Å². The Balaban J connectivity index is 0.928. The molecule has 10 aromatic rings. The summed E-state index contributed by atoms with van der Waals surface area (Å²) < 4.78 is 0. The first-order chi connectivity index (χ1) is 30.7. The normalized spacial score (nSPS) is 12.9. The molecule has 2 aliphatic rings. The number of fused-ring (bicyclic) bond motifs is 9. The van der Waals surface area contributed by atoms with Gasteiger partial charge in [-0.05, 0) is 85.0 Å². The third-order valence-electron chi connectivity index (χ3n) is 12.6. The second-order valence-corrected chi connectivity index (χ2v) is 17.2. The molecule has 0 bridgehead atoms. The van der Waals surface area contributed by atoms with Crippen molar-refractivity contribution in [3.05, 3.63) is 253 Å². The van der Waals surface area contributed by atoms with Crippen LogP contribution in [-0.4, -0.2) is 9.97 Å². The van der Waals surface area contributed by atoms with E-state index in [0.717, 1.165) is 33.6 Å². The minimum Gasteiger partial charge on any atom is -0.228 e. The van der Waals surface area contributed by atoms with Crippen LogP contribution in [0.15, 0.2) is 240 Å². The van der Waals surface area contributed by atoms with Gasteiger partial charge in [0.2, 0.25) is 0 Å². The Kier molecular flexibility index (Phi) is 8.69. The molecule has 0 amide bonds. The zero-order valence-corrected chi connectivity index (χ0v) is 34.6. The highest BCUT2D eigenvalue weighted by atomic mass is 32.2. The van der Waals surface area contributed by atoms with Gasteiger partial charge in [0.05, 0.1) is 16.8 Å². The van der Waals surface area contributed by atoms with Gasteiger partial charge in [0.25, 0.3) is 0 Å². The van der Waals surface area contributed by atoms with E-state index in [1.807, 2.05) is 11.8 Å². The summed E-state index contributed by atoms with van der Waals surface area (Å²) in [5.41, 5.74) is 19.6. The van der Waals surface area contributed by atoms with Gasteiger partial charge in [-0.1, -0.05) is 224 Å². The van der Waals surface area contributed by atoms with E-state index in [1.54, 1.807) is 0 Å². The summed E-state index contributed by atoms with van der Waals surface area (Å²) in [6.07, 6.45) is 0. The highest BCUT2D eigenvalue weighted by Gasteiger charge is 2.50. The summed E-state index contributed by atoms with van der Waals surface area (Å²) in [7, 11) is 0. The van der Waals surface area contributed by atoms with E-state index in [-0.39, 0.29) is 5.41 Å². The molecule has 0 radical (unpaired) electrons. The maximum Gasteiger partial charge on any atom is 0.160 e. The molecule has 12 rings (SSSR count). The molecule has 0 N–H and O–H groups in total. The molecular formula is C59H38N2S. The Morgan fingerprint density at radius 1 is 0.274 bits per heavy atom. The fourth-order valence-electron chi connectivity index (χ4n) is 9.65. The molecule has 2 nitrogen and oxygen atoms in total. The molecule has 0 fully saturated rings. The SMILES string of the molecule is c1ccc(-c2ccc(-c3cc(-c4ccc(-c5ccccc5)cc4)nc(-c4ccc(-c5ccc6c(c5)Sc5ccccc5C65c6ccccc6-c6ccccc65)cc4)n3)cc2)cc1. The molecule has 62 heavy (non-hydrogen) atoms. The van der Waals surface area contributed by atoms with Crippen LogP contribution in [0.5, 0.6) is 0 Å². The van der Waals surface area contributed by atoms with Crippen LogP contribution in [0.1, 0.15) is 22.3 Å². The van der Waals surface area contributed by atoms with Gasteiger partial charge in [0.15, 0.2) is 5.82 Å². The topological polar surface area (TPSA) is 25.8 Å². The molecular weight excluding hydrogens is 769 g/mol. The van der Waals surface area contributed by atoms with Crippen LogP contribution < -0.4 is 0 Å². The van der Waals surface area contributed by atoms with Crippen LogP contribution in [-0.2, 0) is 5.41 Å². The number of aromatic nitrogens is 2. The zero-order valence-electron chi connectivity index (χ0n) is 33.7. The van der Waals surface area contributed by atoms with E-state index in [4.69, 9.17) is 9.97 Å². The fraction of sp³-hybridized carbons (Fsp3) is 0.0169. The van der Waals surface area contributed by atoms with E-state index >= 15 is 0 Å². The van der Waals surface area contributed by atoms with Crippen molar-refractivity contribution >= 4 is 11.8 Å². The summed E-state index contributed by atoms with van der Waals surface area (Å²) >= 11 is 1.88. The number of rotatable bonds is 6. The van der Waals surface area contributed by atoms with Crippen molar-refractivity contribution < 1.29 is 0 Å². The molecule has 1 aliphatic carbocycles. The van der Waals surface area contributed by atoms with Crippen molar-refractivity contribution in [2.24, 2.45) is 0 Å². The third kappa shape index (κ3) is 5.96. The lowest BCUT2D eigenvalue weighted by Gasteiger charge is -2.39. The van der Waals surface area contributed by atoms with Gasteiger partial charge in [0, 0.05) is 26.5 Å². The molecule has 290 valence electrons. The minimum atomic E-state index is -0.378. The fourth-order valence-corrected chi connectivity index (χ4v) is 10.9. The Hall–Kier alpha value is -7.59. The lowest BCUT2D eigenvalue weighted by atomic mass is 9.67. The summed E-state index contributed by atoms with van der Waals surface area (Å²) in [4.78, 5) is 13.0. The maximum absolute atomic E-state index is 5.21. The first-order valence-corrected chi connectivity index (χ1v) is 22.0. The van der Waals surface area contributed by atoms with Gasteiger partial charge >= 0.3 is 0 Å². The predicted octanol–water partition coefficient (Wildman–Crippen LogP) is 15.3. The van der Waals surface area contributed by atoms with Gasteiger partial charge in [-0.2, -0.15) is 0 Å². The van der Waals surface area contributed by atoms with Gasteiger partial charge in [-0.15, -0.1) is 0 Å². The van der Waals surface area contributed by atoms with Crippen molar-refractivity contribution in [3.8, 4) is 78.4 Å². The van der Waals surface area contributed by atoms with Crippen molar-refractivity contribution in [3.63, 3.8) is 0 Å². The van der Waals surface area contributed by atoms with Gasteiger partial charge in [-0.25, -0.2) is 9.97 Å². The molecule has 1 aromatic heterocycles. The van der Waals surface area contributed by atoms with E-state index in [1.165, 1.54) is 71.0 Å². The second-order valence-electron chi connectivity index (χ2n) is 16.1. The molecule has 9 aromatic carbocycles. The zero-order chi connectivity index (χ0) is 41.0. The van der Waals surface area contributed by atoms with E-state index in [0.29, 0.717) is 5.82 Å². The van der Waals surface area contributed by atoms with Crippen molar-refractivity contribution in [1.82, 2.24) is 9.97 Å². The average molecular weight is 807 g/mol. The van der Waals surface area contributed by atoms with Crippen LogP contribution in [0.25, 0.3) is 78.4 Å². The Bertz CT molecular complexity index is 3140. The smallest absolute Gasteiger partial charge is 0.160 e. The quantitative estimate of drug-likeness (QED) is 0.167. The van der Waals surface area contributed by atoms with Crippen molar-refractivity contribution in [2.45, 2.75) is 15.2 Å². The van der Waals surface area contributed by atoms with Gasteiger partial charge in [-0.3, -0.25) is 0 Å². The second kappa shape index (κ2) is 14.8. The molecule has 0 saturated carbocycles. The first-order valence-electron chi connectivity index (χ1n) is 21.1. The Morgan fingerprint density at radius 2 is 0.661 bits per heavy atom. The molecule has 2 heterocycles. The van der Waals surface area contributed by atoms with Crippen molar-refractivity contribution in [1.29, 1.82) is 0 Å². The lowest BCUT2D eigenvalue weighted by molar-refractivity contribution is 0.722. The lowest BCUT2D eigenvalue weighted by Crippen LogP contribution is -2.31. The number of hydrogen-bond donors (Lipinski definition) is 0. The average Bonchev–Trinajstić information content (AvgIpc) is 3.65. The van der Waals surface area contributed by atoms with Gasteiger partial charge < -0.3 is 0 Å². The summed E-state index contributed by atoms with van der Waals surface area (Å²) in [5, 5.41) is 0. The molecule has 0 atom stereocenters. The van der Waals surface area contributed by atoms with Crippen LogP contribution in [0.3, 0.4) is 0 Å². The van der Waals surface area contributed by atoms with Gasteiger partial charge in [0.1, 0.15) is 0 Å². The minimum absolute atomic E-state index is 0.378. The molecule has 1 aliphatic heterocycles. The van der Waals surface area contributed by atoms with Crippen LogP contribution in [0.4, 0.5) is 0 Å². The molecule has 0 unspecified atom stereocenters. The van der Waals surface area contributed by atoms with Crippen LogP contribution in [0.2, 0.25) is 0 Å². The predicted molar refractivity (Wildman–Crippen MR) is 256 cm³/mol. The first kappa shape index (κ1) is 36.3. The summed E-state index contributed by atoms with van der Waals surface area (Å²) in [6, 6.07) is 83.3. The Morgan fingerprint density at radius 3 is 1.21 bits per heavy atom. The van der Waals surface area contributed by atoms with E-state index < -0.39 is 0 Å². The van der Waals surface area contributed by atoms with Crippen molar-refractivity contribution in [2.75, 3.05) is 0 Å². The monoisotopic (exact) mass is 806 g/mol. The maximum atomic E-state index is 5.21. The van der Waals surface area contributed by atoms with E-state index in [2.05, 4.69) is 231 Å². The number of nitrogens with zero attached hydrogens (tertiary/aromatic N) is 2. The molecule has 1 spiro atoms. The summed E-state index contributed by atoms with van der Waals surface area (Å²) in [6.45, 7) is 0. The van der Waals surface area contributed by atoms with Crippen LogP contribution >= 0.6 is 11.8 Å². The number of benzene rings is 9. The highest BCUT2D eigenvalue weighted by molar-refractivity contribution is 7.99. The largest absolute Gasteiger partial charge is 0.228 e. The summed E-state index contributed by atoms with van der Waals surface area (Å²) in [5.74, 6) is 0.696.